The van der Waals surface area contributed by atoms with E-state index in [-0.39, 0.29) is 0 Å². The van der Waals surface area contributed by atoms with Crippen LogP contribution in [0.15, 0.2) is 36.9 Å². The molecule has 0 saturated heterocycles. The van der Waals surface area contributed by atoms with E-state index < -0.39 is 6.10 Å². The molecule has 0 aliphatic carbocycles. The number of hydrogen-bond acceptors (Lipinski definition) is 3. The molecule has 4 heteroatoms. The maximum atomic E-state index is 10.1. The van der Waals surface area contributed by atoms with Crippen molar-refractivity contribution in [2.45, 2.75) is 13.0 Å². The number of aryl methyl sites for hydroxylation is 1. The summed E-state index contributed by atoms with van der Waals surface area (Å²) in [6.07, 6.45) is 3.93. The van der Waals surface area contributed by atoms with Crippen LogP contribution in [0.3, 0.4) is 0 Å². The van der Waals surface area contributed by atoms with Crippen molar-refractivity contribution in [1.29, 1.82) is 0 Å². The summed E-state index contributed by atoms with van der Waals surface area (Å²) in [5, 5.41) is 10.8. The largest absolute Gasteiger partial charge is 0.384 e. The van der Waals surface area contributed by atoms with Crippen LogP contribution in [0.4, 0.5) is 0 Å². The summed E-state index contributed by atoms with van der Waals surface area (Å²) < 4.78 is 0. The fourth-order valence-corrected chi connectivity index (χ4v) is 1.80. The first-order valence-electron chi connectivity index (χ1n) is 4.87. The molecule has 16 heavy (non-hydrogen) atoms. The van der Waals surface area contributed by atoms with E-state index in [0.29, 0.717) is 10.6 Å². The standard InChI is InChI=1S/C12H11ClN2O/c1-8-4-10(13)2-3-11(8)12(16)9-5-14-7-15-6-9/h2-7,12,16H,1H3. The van der Waals surface area contributed by atoms with Gasteiger partial charge in [-0.25, -0.2) is 9.97 Å². The van der Waals surface area contributed by atoms with Gasteiger partial charge in [0.2, 0.25) is 0 Å². The lowest BCUT2D eigenvalue weighted by molar-refractivity contribution is 0.218. The number of halogens is 1. The molecule has 2 aromatic rings. The highest BCUT2D eigenvalue weighted by Gasteiger charge is 2.13. The SMILES string of the molecule is Cc1cc(Cl)ccc1C(O)c1cncnc1. The normalized spacial score (nSPS) is 12.4. The van der Waals surface area contributed by atoms with Gasteiger partial charge < -0.3 is 5.11 Å². The molecule has 1 aromatic carbocycles. The van der Waals surface area contributed by atoms with Crippen LogP contribution in [-0.2, 0) is 0 Å². The highest BCUT2D eigenvalue weighted by Crippen LogP contribution is 2.25. The molecule has 0 aliphatic rings. The maximum Gasteiger partial charge on any atom is 0.115 e. The zero-order chi connectivity index (χ0) is 11.5. The lowest BCUT2D eigenvalue weighted by Crippen LogP contribution is -2.02. The minimum atomic E-state index is -0.710. The van der Waals surface area contributed by atoms with Crippen LogP contribution < -0.4 is 0 Å². The Hall–Kier alpha value is -1.45. The number of aromatic nitrogens is 2. The molecule has 0 radical (unpaired) electrons. The van der Waals surface area contributed by atoms with Gasteiger partial charge in [0.05, 0.1) is 0 Å². The minimum absolute atomic E-state index is 0.665. The van der Waals surface area contributed by atoms with Gasteiger partial charge in [0.25, 0.3) is 0 Å². The molecule has 82 valence electrons. The Bertz CT molecular complexity index is 488. The average molecular weight is 235 g/mol. The minimum Gasteiger partial charge on any atom is -0.384 e. The zero-order valence-corrected chi connectivity index (χ0v) is 9.52. The monoisotopic (exact) mass is 234 g/mol. The molecule has 2 rings (SSSR count). The van der Waals surface area contributed by atoms with Crippen LogP contribution in [-0.4, -0.2) is 15.1 Å². The summed E-state index contributed by atoms with van der Waals surface area (Å²) in [4.78, 5) is 7.76. The van der Waals surface area contributed by atoms with Gasteiger partial charge in [-0.3, -0.25) is 0 Å². The Balaban J connectivity index is 2.38. The second kappa shape index (κ2) is 4.60. The Labute approximate surface area is 98.8 Å². The quantitative estimate of drug-likeness (QED) is 0.869. The smallest absolute Gasteiger partial charge is 0.115 e. The van der Waals surface area contributed by atoms with Gasteiger partial charge in [0.1, 0.15) is 12.4 Å². The molecule has 0 bridgehead atoms. The number of hydrogen-bond donors (Lipinski definition) is 1. The zero-order valence-electron chi connectivity index (χ0n) is 8.76. The summed E-state index contributed by atoms with van der Waals surface area (Å²) in [6.45, 7) is 1.91. The second-order valence-corrected chi connectivity index (χ2v) is 4.01. The third-order valence-electron chi connectivity index (χ3n) is 2.42. The molecule has 1 N–H and O–H groups in total. The fourth-order valence-electron chi connectivity index (χ4n) is 1.58. The lowest BCUT2D eigenvalue weighted by atomic mass is 10.00. The topological polar surface area (TPSA) is 46.0 Å². The van der Waals surface area contributed by atoms with Gasteiger partial charge in [-0.15, -0.1) is 0 Å². The Morgan fingerprint density at radius 2 is 1.94 bits per heavy atom. The summed E-state index contributed by atoms with van der Waals surface area (Å²) in [5.74, 6) is 0. The van der Waals surface area contributed by atoms with Gasteiger partial charge in [-0.2, -0.15) is 0 Å². The molecular formula is C12H11ClN2O. The number of aliphatic hydroxyl groups excluding tert-OH is 1. The fraction of sp³-hybridized carbons (Fsp3) is 0.167. The van der Waals surface area contributed by atoms with Gasteiger partial charge in [0.15, 0.2) is 0 Å². The number of benzene rings is 1. The molecule has 0 aliphatic heterocycles. The van der Waals surface area contributed by atoms with Crippen LogP contribution >= 0.6 is 11.6 Å². The van der Waals surface area contributed by atoms with Crippen molar-refractivity contribution < 1.29 is 5.11 Å². The van der Waals surface area contributed by atoms with Crippen LogP contribution in [0.2, 0.25) is 5.02 Å². The van der Waals surface area contributed by atoms with E-state index in [9.17, 15) is 5.11 Å². The van der Waals surface area contributed by atoms with E-state index in [2.05, 4.69) is 9.97 Å². The van der Waals surface area contributed by atoms with Crippen molar-refractivity contribution in [3.05, 3.63) is 58.6 Å². The van der Waals surface area contributed by atoms with Crippen molar-refractivity contribution in [3.63, 3.8) is 0 Å². The van der Waals surface area contributed by atoms with E-state index in [4.69, 9.17) is 11.6 Å². The van der Waals surface area contributed by atoms with Crippen molar-refractivity contribution >= 4 is 11.6 Å². The molecule has 1 unspecified atom stereocenters. The molecule has 1 aromatic heterocycles. The Morgan fingerprint density at radius 3 is 2.56 bits per heavy atom. The molecule has 1 heterocycles. The lowest BCUT2D eigenvalue weighted by Gasteiger charge is -2.13. The van der Waals surface area contributed by atoms with Gasteiger partial charge in [-0.05, 0) is 30.2 Å². The third-order valence-corrected chi connectivity index (χ3v) is 2.66. The molecule has 0 amide bonds. The first kappa shape index (κ1) is 11.0. The van der Waals surface area contributed by atoms with Crippen LogP contribution in [0.1, 0.15) is 22.8 Å². The Kier molecular flexibility index (Phi) is 3.17. The Morgan fingerprint density at radius 1 is 1.25 bits per heavy atom. The molecular weight excluding hydrogens is 224 g/mol. The van der Waals surface area contributed by atoms with Gasteiger partial charge in [0, 0.05) is 23.0 Å². The molecule has 0 spiro atoms. The van der Waals surface area contributed by atoms with Crippen molar-refractivity contribution in [2.75, 3.05) is 0 Å². The van der Waals surface area contributed by atoms with Gasteiger partial charge >= 0.3 is 0 Å². The average Bonchev–Trinajstić information content (AvgIpc) is 2.29. The third kappa shape index (κ3) is 2.21. The van der Waals surface area contributed by atoms with Crippen LogP contribution in [0.25, 0.3) is 0 Å². The molecule has 0 fully saturated rings. The first-order chi connectivity index (χ1) is 7.68. The van der Waals surface area contributed by atoms with Crippen LogP contribution in [0, 0.1) is 6.92 Å². The van der Waals surface area contributed by atoms with E-state index in [0.717, 1.165) is 11.1 Å². The van der Waals surface area contributed by atoms with Crippen molar-refractivity contribution in [3.8, 4) is 0 Å². The van der Waals surface area contributed by atoms with Crippen molar-refractivity contribution in [1.82, 2.24) is 9.97 Å². The summed E-state index contributed by atoms with van der Waals surface area (Å²) in [6, 6.07) is 5.40. The van der Waals surface area contributed by atoms with E-state index in [1.807, 2.05) is 19.1 Å². The van der Waals surface area contributed by atoms with E-state index >= 15 is 0 Å². The predicted molar refractivity (Wildman–Crippen MR) is 62.3 cm³/mol. The first-order valence-corrected chi connectivity index (χ1v) is 5.25. The van der Waals surface area contributed by atoms with E-state index in [1.54, 1.807) is 18.5 Å². The predicted octanol–water partition coefficient (Wildman–Crippen LogP) is 2.52. The van der Waals surface area contributed by atoms with Crippen LogP contribution in [0.5, 0.6) is 0 Å². The van der Waals surface area contributed by atoms with Crippen molar-refractivity contribution in [2.24, 2.45) is 0 Å². The van der Waals surface area contributed by atoms with E-state index in [1.165, 1.54) is 6.33 Å². The number of aliphatic hydroxyl groups is 1. The number of nitrogens with zero attached hydrogens (tertiary/aromatic N) is 2. The molecule has 1 atom stereocenters. The number of rotatable bonds is 2. The highest BCUT2D eigenvalue weighted by molar-refractivity contribution is 6.30. The summed E-state index contributed by atoms with van der Waals surface area (Å²) in [7, 11) is 0. The molecule has 3 nitrogen and oxygen atoms in total. The summed E-state index contributed by atoms with van der Waals surface area (Å²) >= 11 is 5.86. The van der Waals surface area contributed by atoms with Gasteiger partial charge in [-0.1, -0.05) is 17.7 Å². The molecule has 0 saturated carbocycles. The summed E-state index contributed by atoms with van der Waals surface area (Å²) in [5.41, 5.74) is 2.44. The maximum absolute atomic E-state index is 10.1. The highest BCUT2D eigenvalue weighted by atomic mass is 35.5. The second-order valence-electron chi connectivity index (χ2n) is 3.58.